The molecule has 1 fully saturated rings. The Kier molecular flexibility index (Phi) is 5.51. The molecule has 1 aromatic heterocycles. The summed E-state index contributed by atoms with van der Waals surface area (Å²) in [6.07, 6.45) is 1.05. The predicted molar refractivity (Wildman–Crippen MR) is 85.4 cm³/mol. The van der Waals surface area contributed by atoms with Crippen LogP contribution in [0, 0.1) is 6.92 Å². The molecule has 0 spiro atoms. The molecule has 1 saturated heterocycles. The van der Waals surface area contributed by atoms with Crippen LogP contribution in [0.3, 0.4) is 0 Å². The van der Waals surface area contributed by atoms with Gasteiger partial charge in [-0.2, -0.15) is 0 Å². The fraction of sp³-hybridized carbons (Fsp3) is 0.769. The van der Waals surface area contributed by atoms with E-state index in [2.05, 4.69) is 9.59 Å². The maximum atomic E-state index is 12.2. The van der Waals surface area contributed by atoms with Crippen molar-refractivity contribution in [1.82, 2.24) is 19.4 Å². The molecule has 1 aliphatic rings. The molecule has 124 valence electrons. The molecule has 2 rings (SSSR count). The van der Waals surface area contributed by atoms with Crippen molar-refractivity contribution in [2.45, 2.75) is 32.4 Å². The summed E-state index contributed by atoms with van der Waals surface area (Å²) in [5, 5.41) is 3.93. The first kappa shape index (κ1) is 17.3. The molecule has 1 aromatic rings. The van der Waals surface area contributed by atoms with E-state index in [1.165, 1.54) is 11.5 Å². The fourth-order valence-corrected chi connectivity index (χ4v) is 4.96. The Hall–Kier alpha value is -1.06. The number of hydrogen-bond donors (Lipinski definition) is 0. The van der Waals surface area contributed by atoms with Crippen molar-refractivity contribution in [2.24, 2.45) is 0 Å². The van der Waals surface area contributed by atoms with Gasteiger partial charge in [-0.15, -0.1) is 5.10 Å². The van der Waals surface area contributed by atoms with Gasteiger partial charge in [0.25, 0.3) is 0 Å². The monoisotopic (exact) mass is 346 g/mol. The third kappa shape index (κ3) is 4.47. The van der Waals surface area contributed by atoms with Crippen molar-refractivity contribution >= 4 is 27.3 Å². The minimum atomic E-state index is -2.88. The van der Waals surface area contributed by atoms with Crippen LogP contribution in [0.2, 0.25) is 0 Å². The number of hydrogen-bond acceptors (Lipinski definition) is 7. The van der Waals surface area contributed by atoms with Crippen molar-refractivity contribution in [3.8, 4) is 0 Å². The summed E-state index contributed by atoms with van der Waals surface area (Å²) in [6.45, 7) is 2.97. The van der Waals surface area contributed by atoms with E-state index in [9.17, 15) is 13.2 Å². The Bertz CT molecular complexity index is 629. The predicted octanol–water partition coefficient (Wildman–Crippen LogP) is 0.314. The summed E-state index contributed by atoms with van der Waals surface area (Å²) in [5.74, 6) is 0.507. The lowest BCUT2D eigenvalue weighted by atomic mass is 10.2. The molecule has 2 heterocycles. The number of sulfone groups is 1. The van der Waals surface area contributed by atoms with E-state index < -0.39 is 9.84 Å². The Labute approximate surface area is 135 Å². The van der Waals surface area contributed by atoms with Crippen LogP contribution in [-0.2, 0) is 21.2 Å². The van der Waals surface area contributed by atoms with Gasteiger partial charge in [-0.1, -0.05) is 4.49 Å². The zero-order chi connectivity index (χ0) is 16.3. The molecule has 0 radical (unpaired) electrons. The quantitative estimate of drug-likeness (QED) is 0.737. The summed E-state index contributed by atoms with van der Waals surface area (Å²) < 4.78 is 26.8. The zero-order valence-electron chi connectivity index (χ0n) is 13.2. The van der Waals surface area contributed by atoms with Crippen LogP contribution >= 0.6 is 11.5 Å². The highest BCUT2D eigenvalue weighted by Crippen LogP contribution is 2.17. The van der Waals surface area contributed by atoms with Crippen LogP contribution in [-0.4, -0.2) is 71.9 Å². The zero-order valence-corrected chi connectivity index (χ0v) is 14.8. The minimum Gasteiger partial charge on any atom is -0.340 e. The first-order valence-electron chi connectivity index (χ1n) is 7.21. The van der Waals surface area contributed by atoms with Gasteiger partial charge in [0, 0.05) is 26.1 Å². The van der Waals surface area contributed by atoms with Gasteiger partial charge in [-0.25, -0.2) is 8.42 Å². The van der Waals surface area contributed by atoms with Crippen molar-refractivity contribution in [2.75, 3.05) is 32.1 Å². The first-order valence-corrected chi connectivity index (χ1v) is 9.80. The molecule has 0 bridgehead atoms. The lowest BCUT2D eigenvalue weighted by molar-refractivity contribution is -0.130. The summed E-state index contributed by atoms with van der Waals surface area (Å²) in [4.78, 5) is 16.8. The summed E-state index contributed by atoms with van der Waals surface area (Å²) in [5.41, 5.74) is 0.859. The molecule has 9 heteroatoms. The minimum absolute atomic E-state index is 0.0380. The van der Waals surface area contributed by atoms with Gasteiger partial charge in [0.2, 0.25) is 5.91 Å². The van der Waals surface area contributed by atoms with Crippen molar-refractivity contribution in [3.63, 3.8) is 0 Å². The molecular weight excluding hydrogens is 324 g/mol. The molecule has 0 aliphatic carbocycles. The number of amides is 1. The standard InChI is InChI=1S/C13H22N4O3S2/c1-10-12(21-15-14-10)8-17(3)13(18)4-6-16(2)11-5-7-22(19,20)9-11/h11H,4-9H2,1-3H3/t11-/m1/s1. The second-order valence-electron chi connectivity index (χ2n) is 5.82. The molecule has 0 N–H and O–H groups in total. The van der Waals surface area contributed by atoms with Gasteiger partial charge in [0.15, 0.2) is 9.84 Å². The van der Waals surface area contributed by atoms with E-state index in [1.54, 1.807) is 11.9 Å². The van der Waals surface area contributed by atoms with Gasteiger partial charge in [-0.05, 0) is 31.9 Å². The van der Waals surface area contributed by atoms with Crippen LogP contribution in [0.15, 0.2) is 0 Å². The van der Waals surface area contributed by atoms with E-state index in [0.717, 1.165) is 10.6 Å². The van der Waals surface area contributed by atoms with Crippen molar-refractivity contribution in [3.05, 3.63) is 10.6 Å². The van der Waals surface area contributed by atoms with Crippen LogP contribution < -0.4 is 0 Å². The molecule has 0 saturated carbocycles. The summed E-state index contributed by atoms with van der Waals surface area (Å²) in [6, 6.07) is 0.0380. The highest BCUT2D eigenvalue weighted by atomic mass is 32.2. The Morgan fingerprint density at radius 2 is 2.14 bits per heavy atom. The third-order valence-corrected chi connectivity index (χ3v) is 6.62. The maximum Gasteiger partial charge on any atom is 0.223 e. The average Bonchev–Trinajstić information content (AvgIpc) is 3.01. The second kappa shape index (κ2) is 7.01. The maximum absolute atomic E-state index is 12.2. The van der Waals surface area contributed by atoms with Crippen molar-refractivity contribution in [1.29, 1.82) is 0 Å². The molecule has 1 aliphatic heterocycles. The molecule has 22 heavy (non-hydrogen) atoms. The molecular formula is C13H22N4O3S2. The average molecular weight is 346 g/mol. The molecule has 0 aromatic carbocycles. The van der Waals surface area contributed by atoms with Gasteiger partial charge >= 0.3 is 0 Å². The fourth-order valence-electron chi connectivity index (χ4n) is 2.47. The van der Waals surface area contributed by atoms with Crippen LogP contribution in [0.5, 0.6) is 0 Å². The van der Waals surface area contributed by atoms with E-state index in [0.29, 0.717) is 25.9 Å². The lowest BCUT2D eigenvalue weighted by Crippen LogP contribution is -2.36. The van der Waals surface area contributed by atoms with Gasteiger partial charge in [-0.3, -0.25) is 4.79 Å². The lowest BCUT2D eigenvalue weighted by Gasteiger charge is -2.24. The number of nitrogens with zero attached hydrogens (tertiary/aromatic N) is 4. The largest absolute Gasteiger partial charge is 0.340 e. The van der Waals surface area contributed by atoms with E-state index in [4.69, 9.17) is 0 Å². The smallest absolute Gasteiger partial charge is 0.223 e. The SMILES string of the molecule is Cc1nnsc1CN(C)C(=O)CCN(C)[C@@H]1CCS(=O)(=O)C1. The Morgan fingerprint density at radius 3 is 2.68 bits per heavy atom. The number of aromatic nitrogens is 2. The number of aryl methyl sites for hydroxylation is 1. The second-order valence-corrected chi connectivity index (χ2v) is 8.89. The number of rotatable bonds is 6. The highest BCUT2D eigenvalue weighted by Gasteiger charge is 2.30. The van der Waals surface area contributed by atoms with Crippen molar-refractivity contribution < 1.29 is 13.2 Å². The third-order valence-electron chi connectivity index (χ3n) is 4.06. The van der Waals surface area contributed by atoms with Gasteiger partial charge in [0.05, 0.1) is 28.6 Å². The normalized spacial score (nSPS) is 20.5. The van der Waals surface area contributed by atoms with E-state index >= 15 is 0 Å². The van der Waals surface area contributed by atoms with Gasteiger partial charge < -0.3 is 9.80 Å². The summed E-state index contributed by atoms with van der Waals surface area (Å²) in [7, 11) is 0.766. The van der Waals surface area contributed by atoms with E-state index in [-0.39, 0.29) is 23.5 Å². The van der Waals surface area contributed by atoms with Crippen LogP contribution in [0.25, 0.3) is 0 Å². The van der Waals surface area contributed by atoms with Gasteiger partial charge in [0.1, 0.15) is 0 Å². The molecule has 0 unspecified atom stereocenters. The van der Waals surface area contributed by atoms with Crippen LogP contribution in [0.1, 0.15) is 23.4 Å². The number of carbonyl (C=O) groups is 1. The Balaban J connectivity index is 1.78. The topological polar surface area (TPSA) is 83.5 Å². The van der Waals surface area contributed by atoms with E-state index in [1.807, 2.05) is 18.9 Å². The van der Waals surface area contributed by atoms with Crippen LogP contribution in [0.4, 0.5) is 0 Å². The number of carbonyl (C=O) groups excluding carboxylic acids is 1. The summed E-state index contributed by atoms with van der Waals surface area (Å²) >= 11 is 1.31. The molecule has 1 amide bonds. The first-order chi connectivity index (χ1) is 10.3. The molecule has 7 nitrogen and oxygen atoms in total. The highest BCUT2D eigenvalue weighted by molar-refractivity contribution is 7.91. The Morgan fingerprint density at radius 1 is 1.41 bits per heavy atom. The molecule has 1 atom stereocenters.